The van der Waals surface area contributed by atoms with Crippen LogP contribution in [-0.4, -0.2) is 47.4 Å². The summed E-state index contributed by atoms with van der Waals surface area (Å²) in [5, 5.41) is 0. The molecule has 20 heavy (non-hydrogen) atoms. The maximum absolute atomic E-state index is 11.6. The van der Waals surface area contributed by atoms with E-state index in [1.165, 1.54) is 4.90 Å². The van der Waals surface area contributed by atoms with Gasteiger partial charge in [-0.2, -0.15) is 0 Å². The van der Waals surface area contributed by atoms with Gasteiger partial charge in [0.05, 0.1) is 24.8 Å². The van der Waals surface area contributed by atoms with E-state index in [1.54, 1.807) is 0 Å². The molecule has 4 N–H and O–H groups in total. The quantitative estimate of drug-likeness (QED) is 0.637. The molecule has 0 radical (unpaired) electrons. The molecule has 7 heteroatoms. The highest BCUT2D eigenvalue weighted by atomic mass is 16.7. The van der Waals surface area contributed by atoms with Gasteiger partial charge in [-0.3, -0.25) is 9.59 Å². The molecule has 1 atom stereocenters. The fourth-order valence-electron chi connectivity index (χ4n) is 2.57. The summed E-state index contributed by atoms with van der Waals surface area (Å²) < 4.78 is 11.8. The van der Waals surface area contributed by atoms with E-state index in [2.05, 4.69) is 0 Å². The predicted octanol–water partition coefficient (Wildman–Crippen LogP) is -0.0748. The van der Waals surface area contributed by atoms with E-state index in [4.69, 9.17) is 20.9 Å². The van der Waals surface area contributed by atoms with Crippen LogP contribution in [0.4, 0.5) is 0 Å². The average Bonchev–Trinajstić information content (AvgIpc) is 2.54. The van der Waals surface area contributed by atoms with Crippen LogP contribution in [-0.2, 0) is 19.1 Å². The van der Waals surface area contributed by atoms with Gasteiger partial charge >= 0.3 is 0 Å². The summed E-state index contributed by atoms with van der Waals surface area (Å²) in [7, 11) is 0. The van der Waals surface area contributed by atoms with Gasteiger partial charge in [-0.1, -0.05) is 0 Å². The molecular weight excluding hydrogens is 262 g/mol. The molecule has 0 aromatic heterocycles. The van der Waals surface area contributed by atoms with Crippen molar-refractivity contribution in [1.82, 2.24) is 4.90 Å². The zero-order valence-corrected chi connectivity index (χ0v) is 12.6. The number of hydrogen-bond acceptors (Lipinski definition) is 5. The molecule has 1 aliphatic heterocycles. The molecule has 1 saturated heterocycles. The van der Waals surface area contributed by atoms with Crippen LogP contribution < -0.4 is 11.5 Å². The number of carbonyl (C=O) groups is 2. The first-order valence-corrected chi connectivity index (χ1v) is 6.88. The van der Waals surface area contributed by atoms with E-state index < -0.39 is 23.8 Å². The lowest BCUT2D eigenvalue weighted by atomic mass is 10.2. The minimum Gasteiger partial charge on any atom is -0.369 e. The van der Waals surface area contributed by atoms with Gasteiger partial charge in [-0.25, -0.2) is 4.90 Å². The molecule has 1 aliphatic rings. The van der Waals surface area contributed by atoms with E-state index >= 15 is 0 Å². The summed E-state index contributed by atoms with van der Waals surface area (Å²) in [6.07, 6.45) is 0.679. The number of ether oxygens (including phenoxy) is 2. The maximum Gasteiger partial charge on any atom is 0.234 e. The first-order valence-electron chi connectivity index (χ1n) is 6.88. The number of likely N-dealkylation sites (tertiary alicyclic amines) is 1. The number of hydrogen-bond donors (Lipinski definition) is 2. The third kappa shape index (κ3) is 3.91. The van der Waals surface area contributed by atoms with Crippen molar-refractivity contribution in [3.05, 3.63) is 0 Å². The number of nitrogens with two attached hydrogens (primary N) is 2. The van der Waals surface area contributed by atoms with Crippen LogP contribution in [0.2, 0.25) is 0 Å². The summed E-state index contributed by atoms with van der Waals surface area (Å²) in [5.41, 5.74) is 10.7. The lowest BCUT2D eigenvalue weighted by Gasteiger charge is -2.41. The van der Waals surface area contributed by atoms with Crippen molar-refractivity contribution in [3.63, 3.8) is 0 Å². The van der Waals surface area contributed by atoms with E-state index in [0.29, 0.717) is 12.8 Å². The van der Waals surface area contributed by atoms with Crippen molar-refractivity contribution in [2.24, 2.45) is 11.5 Å². The number of amides is 2. The van der Waals surface area contributed by atoms with Gasteiger partial charge < -0.3 is 20.9 Å². The summed E-state index contributed by atoms with van der Waals surface area (Å²) in [5.74, 6) is -2.19. The Labute approximate surface area is 119 Å². The Hall–Kier alpha value is -1.18. The molecule has 0 spiro atoms. The van der Waals surface area contributed by atoms with Crippen LogP contribution in [0.1, 0.15) is 40.5 Å². The Bertz CT molecular complexity index is 361. The van der Waals surface area contributed by atoms with Crippen LogP contribution in [0.15, 0.2) is 0 Å². The van der Waals surface area contributed by atoms with Crippen molar-refractivity contribution in [2.45, 2.75) is 64.7 Å². The van der Waals surface area contributed by atoms with Crippen molar-refractivity contribution >= 4 is 11.8 Å². The summed E-state index contributed by atoms with van der Waals surface area (Å²) in [6, 6.07) is -0.611. The van der Waals surface area contributed by atoms with Crippen LogP contribution in [0.3, 0.4) is 0 Å². The van der Waals surface area contributed by atoms with Gasteiger partial charge in [-0.05, 0) is 34.1 Å². The van der Waals surface area contributed by atoms with Crippen LogP contribution in [0.5, 0.6) is 0 Å². The fourth-order valence-corrected chi connectivity index (χ4v) is 2.57. The predicted molar refractivity (Wildman–Crippen MR) is 73.3 cm³/mol. The highest BCUT2D eigenvalue weighted by molar-refractivity contribution is 5.82. The third-order valence-corrected chi connectivity index (χ3v) is 3.04. The highest BCUT2D eigenvalue weighted by Crippen LogP contribution is 2.37. The Morgan fingerprint density at radius 3 is 2.05 bits per heavy atom. The summed E-state index contributed by atoms with van der Waals surface area (Å²) >= 11 is 0. The van der Waals surface area contributed by atoms with Gasteiger partial charge in [0, 0.05) is 6.42 Å². The number of carbonyl (C=O) groups excluding carboxylic acids is 2. The Morgan fingerprint density at radius 1 is 1.20 bits per heavy atom. The minimum absolute atomic E-state index is 0.129. The second-order valence-corrected chi connectivity index (χ2v) is 5.60. The standard InChI is InChI=1S/C13H25N3O4/c1-8(2)19-13(20-9(3)4)6-5-10(12(15)18)16(13)7-11(14)17/h8-10H,5-7H2,1-4H3,(H2,14,17)(H2,15,18). The normalized spacial score (nSPS) is 22.6. The van der Waals surface area contributed by atoms with Crippen molar-refractivity contribution in [1.29, 1.82) is 0 Å². The van der Waals surface area contributed by atoms with Gasteiger partial charge in [0.1, 0.15) is 0 Å². The van der Waals surface area contributed by atoms with E-state index in [0.717, 1.165) is 0 Å². The molecule has 0 saturated carbocycles. The van der Waals surface area contributed by atoms with E-state index in [9.17, 15) is 9.59 Å². The minimum atomic E-state index is -1.13. The molecule has 116 valence electrons. The zero-order chi connectivity index (χ0) is 15.5. The smallest absolute Gasteiger partial charge is 0.234 e. The largest absolute Gasteiger partial charge is 0.369 e. The third-order valence-electron chi connectivity index (χ3n) is 3.04. The molecule has 0 aliphatic carbocycles. The Balaban J connectivity index is 3.10. The first-order chi connectivity index (χ1) is 9.18. The van der Waals surface area contributed by atoms with Crippen molar-refractivity contribution in [3.8, 4) is 0 Å². The number of rotatable bonds is 7. The molecule has 0 aromatic carbocycles. The average molecular weight is 287 g/mol. The van der Waals surface area contributed by atoms with Gasteiger partial charge in [0.25, 0.3) is 0 Å². The molecule has 1 heterocycles. The van der Waals surface area contributed by atoms with Crippen LogP contribution >= 0.6 is 0 Å². The molecule has 1 fully saturated rings. The first kappa shape index (κ1) is 16.9. The molecule has 1 unspecified atom stereocenters. The molecule has 7 nitrogen and oxygen atoms in total. The zero-order valence-electron chi connectivity index (χ0n) is 12.6. The summed E-state index contributed by atoms with van der Waals surface area (Å²) in [6.45, 7) is 7.33. The number of nitrogens with zero attached hydrogens (tertiary/aromatic N) is 1. The Morgan fingerprint density at radius 2 is 1.70 bits per heavy atom. The van der Waals surface area contributed by atoms with Crippen molar-refractivity contribution < 1.29 is 19.1 Å². The van der Waals surface area contributed by atoms with Crippen LogP contribution in [0.25, 0.3) is 0 Å². The highest BCUT2D eigenvalue weighted by Gasteiger charge is 2.52. The molecule has 1 rings (SSSR count). The molecule has 2 amide bonds. The molecule has 0 bridgehead atoms. The second kappa shape index (κ2) is 6.51. The van der Waals surface area contributed by atoms with Crippen molar-refractivity contribution in [2.75, 3.05) is 6.54 Å². The van der Waals surface area contributed by atoms with Gasteiger partial charge in [0.2, 0.25) is 17.7 Å². The monoisotopic (exact) mass is 287 g/mol. The summed E-state index contributed by atoms with van der Waals surface area (Å²) in [4.78, 5) is 24.4. The topological polar surface area (TPSA) is 108 Å². The van der Waals surface area contributed by atoms with Gasteiger partial charge in [-0.15, -0.1) is 0 Å². The van der Waals surface area contributed by atoms with Gasteiger partial charge in [0.15, 0.2) is 0 Å². The lowest BCUT2D eigenvalue weighted by molar-refractivity contribution is -0.330. The Kier molecular flexibility index (Phi) is 5.50. The van der Waals surface area contributed by atoms with E-state index in [1.807, 2.05) is 27.7 Å². The second-order valence-electron chi connectivity index (χ2n) is 5.60. The molecular formula is C13H25N3O4. The molecule has 0 aromatic rings. The van der Waals surface area contributed by atoms with E-state index in [-0.39, 0.29) is 18.8 Å². The van der Waals surface area contributed by atoms with Crippen LogP contribution in [0, 0.1) is 0 Å². The number of primary amides is 2. The SMILES string of the molecule is CC(C)OC1(OC(C)C)CCC(C(N)=O)N1CC(N)=O. The fraction of sp³-hybridized carbons (Fsp3) is 0.846. The lowest BCUT2D eigenvalue weighted by Crippen LogP contribution is -2.58. The maximum atomic E-state index is 11.6.